The molecule has 2 rings (SSSR count). The molecule has 1 aliphatic heterocycles. The van der Waals surface area contributed by atoms with E-state index in [1.54, 1.807) is 25.1 Å². The van der Waals surface area contributed by atoms with Crippen molar-refractivity contribution in [2.45, 2.75) is 39.2 Å². The number of hydrogen-bond acceptors (Lipinski definition) is 6. The summed E-state index contributed by atoms with van der Waals surface area (Å²) in [6.07, 6.45) is 2.20. The van der Waals surface area contributed by atoms with Gasteiger partial charge in [-0.2, -0.15) is 0 Å². The Morgan fingerprint density at radius 2 is 1.96 bits per heavy atom. The summed E-state index contributed by atoms with van der Waals surface area (Å²) < 4.78 is 15.4. The van der Waals surface area contributed by atoms with Gasteiger partial charge in [0.15, 0.2) is 13.2 Å². The van der Waals surface area contributed by atoms with Gasteiger partial charge < -0.3 is 19.1 Å². The zero-order chi connectivity index (χ0) is 19.8. The number of rotatable bonds is 7. The third-order valence-corrected chi connectivity index (χ3v) is 4.65. The minimum Gasteiger partial charge on any atom is -0.482 e. The number of likely N-dealkylation sites (tertiary alicyclic amines) is 1. The van der Waals surface area contributed by atoms with Gasteiger partial charge in [-0.1, -0.05) is 11.6 Å². The van der Waals surface area contributed by atoms with Gasteiger partial charge in [-0.25, -0.2) is 9.59 Å². The summed E-state index contributed by atoms with van der Waals surface area (Å²) >= 11 is 5.93. The normalized spacial score (nSPS) is 16.6. The SMILES string of the molecule is CCOC(=O)C1CCCCN1C(=O)COC(=O)COc1ccc(Cl)c(C)c1. The van der Waals surface area contributed by atoms with Gasteiger partial charge in [0.1, 0.15) is 11.8 Å². The van der Waals surface area contributed by atoms with Crippen molar-refractivity contribution in [2.75, 3.05) is 26.4 Å². The Bertz CT molecular complexity index is 693. The molecule has 1 aromatic carbocycles. The summed E-state index contributed by atoms with van der Waals surface area (Å²) in [6.45, 7) is 3.49. The highest BCUT2D eigenvalue weighted by atomic mass is 35.5. The fourth-order valence-electron chi connectivity index (χ4n) is 2.83. The van der Waals surface area contributed by atoms with Crippen molar-refractivity contribution >= 4 is 29.4 Å². The molecule has 8 heteroatoms. The van der Waals surface area contributed by atoms with E-state index >= 15 is 0 Å². The minimum atomic E-state index is -0.666. The minimum absolute atomic E-state index is 0.258. The molecule has 1 amide bonds. The third kappa shape index (κ3) is 6.13. The first-order chi connectivity index (χ1) is 12.9. The molecule has 0 N–H and O–H groups in total. The van der Waals surface area contributed by atoms with Crippen molar-refractivity contribution in [3.8, 4) is 5.75 Å². The number of carbonyl (C=O) groups is 3. The summed E-state index contributed by atoms with van der Waals surface area (Å²) in [4.78, 5) is 37.6. The second kappa shape index (κ2) is 10.2. The van der Waals surface area contributed by atoms with E-state index in [4.69, 9.17) is 25.8 Å². The topological polar surface area (TPSA) is 82.1 Å². The Labute approximate surface area is 163 Å². The summed E-state index contributed by atoms with van der Waals surface area (Å²) in [6, 6.07) is 4.41. The predicted octanol–water partition coefficient (Wildman–Crippen LogP) is 2.51. The van der Waals surface area contributed by atoms with Crippen LogP contribution in [0.4, 0.5) is 0 Å². The molecule has 7 nitrogen and oxygen atoms in total. The van der Waals surface area contributed by atoms with Gasteiger partial charge in [-0.05, 0) is 56.9 Å². The van der Waals surface area contributed by atoms with Crippen LogP contribution in [-0.2, 0) is 23.9 Å². The van der Waals surface area contributed by atoms with Crippen LogP contribution in [0.3, 0.4) is 0 Å². The lowest BCUT2D eigenvalue weighted by atomic mass is 10.0. The van der Waals surface area contributed by atoms with E-state index in [0.717, 1.165) is 18.4 Å². The molecule has 1 fully saturated rings. The highest BCUT2D eigenvalue weighted by Crippen LogP contribution is 2.21. The predicted molar refractivity (Wildman–Crippen MR) is 98.6 cm³/mol. The maximum Gasteiger partial charge on any atom is 0.344 e. The fraction of sp³-hybridized carbons (Fsp3) is 0.526. The Morgan fingerprint density at radius 1 is 1.19 bits per heavy atom. The van der Waals surface area contributed by atoms with Crippen LogP contribution in [0.1, 0.15) is 31.7 Å². The zero-order valence-electron chi connectivity index (χ0n) is 15.5. The smallest absolute Gasteiger partial charge is 0.344 e. The van der Waals surface area contributed by atoms with Crippen LogP contribution < -0.4 is 4.74 Å². The van der Waals surface area contributed by atoms with Gasteiger partial charge in [0.25, 0.3) is 5.91 Å². The number of halogens is 1. The fourth-order valence-corrected chi connectivity index (χ4v) is 2.95. The van der Waals surface area contributed by atoms with Gasteiger partial charge in [0.2, 0.25) is 0 Å². The maximum absolute atomic E-state index is 12.4. The number of aryl methyl sites for hydroxylation is 1. The molecule has 1 aliphatic rings. The van der Waals surface area contributed by atoms with Gasteiger partial charge in [-0.15, -0.1) is 0 Å². The molecule has 0 spiro atoms. The van der Waals surface area contributed by atoms with Crippen LogP contribution in [0, 0.1) is 6.92 Å². The molecule has 0 saturated carbocycles. The molecule has 0 aromatic heterocycles. The number of nitrogens with zero attached hydrogens (tertiary/aromatic N) is 1. The van der Waals surface area contributed by atoms with Crippen LogP contribution in [0.2, 0.25) is 5.02 Å². The molecule has 1 aromatic rings. The second-order valence-corrected chi connectivity index (χ2v) is 6.62. The van der Waals surface area contributed by atoms with E-state index in [9.17, 15) is 14.4 Å². The molecule has 1 saturated heterocycles. The van der Waals surface area contributed by atoms with Gasteiger partial charge in [0, 0.05) is 11.6 Å². The van der Waals surface area contributed by atoms with Gasteiger partial charge >= 0.3 is 11.9 Å². The number of esters is 2. The monoisotopic (exact) mass is 397 g/mol. The van der Waals surface area contributed by atoms with Crippen LogP contribution >= 0.6 is 11.6 Å². The van der Waals surface area contributed by atoms with Crippen molar-refractivity contribution in [1.29, 1.82) is 0 Å². The second-order valence-electron chi connectivity index (χ2n) is 6.21. The van der Waals surface area contributed by atoms with Crippen LogP contribution in [0.25, 0.3) is 0 Å². The molecule has 1 heterocycles. The van der Waals surface area contributed by atoms with Crippen LogP contribution in [0.15, 0.2) is 18.2 Å². The van der Waals surface area contributed by atoms with Crippen LogP contribution in [0.5, 0.6) is 5.75 Å². The molecule has 1 unspecified atom stereocenters. The first-order valence-electron chi connectivity index (χ1n) is 8.93. The average molecular weight is 398 g/mol. The highest BCUT2D eigenvalue weighted by Gasteiger charge is 2.33. The summed E-state index contributed by atoms with van der Waals surface area (Å²) in [5.74, 6) is -1.01. The summed E-state index contributed by atoms with van der Waals surface area (Å²) in [5.41, 5.74) is 0.827. The van der Waals surface area contributed by atoms with E-state index < -0.39 is 30.5 Å². The molecule has 27 heavy (non-hydrogen) atoms. The first kappa shape index (κ1) is 21.0. The van der Waals surface area contributed by atoms with Crippen molar-refractivity contribution in [3.63, 3.8) is 0 Å². The molecule has 0 bridgehead atoms. The van der Waals surface area contributed by atoms with Crippen molar-refractivity contribution in [2.24, 2.45) is 0 Å². The summed E-state index contributed by atoms with van der Waals surface area (Å²) in [5, 5.41) is 0.605. The average Bonchev–Trinajstić information content (AvgIpc) is 2.67. The molecular formula is C19H24ClNO6. The van der Waals surface area contributed by atoms with E-state index in [1.807, 2.05) is 6.92 Å². The quantitative estimate of drug-likeness (QED) is 0.657. The highest BCUT2D eigenvalue weighted by molar-refractivity contribution is 6.31. The van der Waals surface area contributed by atoms with Crippen LogP contribution in [-0.4, -0.2) is 55.2 Å². The summed E-state index contributed by atoms with van der Waals surface area (Å²) in [7, 11) is 0. The molecular weight excluding hydrogens is 374 g/mol. The van der Waals surface area contributed by atoms with E-state index in [-0.39, 0.29) is 13.2 Å². The van der Waals surface area contributed by atoms with Crippen molar-refractivity contribution < 1.29 is 28.6 Å². The number of piperidine rings is 1. The van der Waals surface area contributed by atoms with E-state index in [1.165, 1.54) is 4.90 Å². The number of amides is 1. The molecule has 0 radical (unpaired) electrons. The van der Waals surface area contributed by atoms with Gasteiger partial charge in [0.05, 0.1) is 6.61 Å². The molecule has 1 atom stereocenters. The van der Waals surface area contributed by atoms with E-state index in [0.29, 0.717) is 23.7 Å². The lowest BCUT2D eigenvalue weighted by Gasteiger charge is -2.33. The first-order valence-corrected chi connectivity index (χ1v) is 9.30. The zero-order valence-corrected chi connectivity index (χ0v) is 16.3. The number of carbonyl (C=O) groups excluding carboxylic acids is 3. The standard InChI is InChI=1S/C19H24ClNO6/c1-3-25-19(24)16-6-4-5-9-21(16)17(22)11-27-18(23)12-26-14-7-8-15(20)13(2)10-14/h7-8,10,16H,3-6,9,11-12H2,1-2H3. The Balaban J connectivity index is 1.81. The molecule has 148 valence electrons. The lowest BCUT2D eigenvalue weighted by Crippen LogP contribution is -2.50. The largest absolute Gasteiger partial charge is 0.482 e. The number of benzene rings is 1. The molecule has 0 aliphatic carbocycles. The van der Waals surface area contributed by atoms with E-state index in [2.05, 4.69) is 0 Å². The lowest BCUT2D eigenvalue weighted by molar-refractivity contribution is -0.161. The Hall–Kier alpha value is -2.28. The third-order valence-electron chi connectivity index (χ3n) is 4.22. The Kier molecular flexibility index (Phi) is 7.91. The van der Waals surface area contributed by atoms with Gasteiger partial charge in [-0.3, -0.25) is 4.79 Å². The number of ether oxygens (including phenoxy) is 3. The van der Waals surface area contributed by atoms with Crippen molar-refractivity contribution in [1.82, 2.24) is 4.90 Å². The maximum atomic E-state index is 12.4. The number of hydrogen-bond donors (Lipinski definition) is 0. The van der Waals surface area contributed by atoms with Crippen molar-refractivity contribution in [3.05, 3.63) is 28.8 Å². The Morgan fingerprint density at radius 3 is 2.67 bits per heavy atom.